The topological polar surface area (TPSA) is 49.0 Å². The van der Waals surface area contributed by atoms with E-state index in [2.05, 4.69) is 10.2 Å². The summed E-state index contributed by atoms with van der Waals surface area (Å²) in [5, 5.41) is 6.92. The molecule has 1 N–H and O–H groups in total. The van der Waals surface area contributed by atoms with Gasteiger partial charge in [0, 0.05) is 30.9 Å². The molecular weight excluding hydrogens is 269 g/mol. The SMILES string of the molecule is Cc1ccc(C(=O)N2CCCC(c3ccn[nH]3)C2)c(F)c1. The lowest BCUT2D eigenvalue weighted by molar-refractivity contribution is 0.0701. The minimum atomic E-state index is -0.441. The number of piperidine rings is 1. The quantitative estimate of drug-likeness (QED) is 0.923. The van der Waals surface area contributed by atoms with Crippen molar-refractivity contribution < 1.29 is 9.18 Å². The summed E-state index contributed by atoms with van der Waals surface area (Å²) in [6, 6.07) is 6.69. The van der Waals surface area contributed by atoms with E-state index in [1.807, 2.05) is 13.0 Å². The number of carbonyl (C=O) groups excluding carboxylic acids is 1. The van der Waals surface area contributed by atoms with Crippen LogP contribution in [-0.4, -0.2) is 34.1 Å². The third-order valence-electron chi connectivity index (χ3n) is 4.03. The third-order valence-corrected chi connectivity index (χ3v) is 4.03. The van der Waals surface area contributed by atoms with E-state index < -0.39 is 5.82 Å². The number of hydrogen-bond acceptors (Lipinski definition) is 2. The molecule has 1 saturated heterocycles. The molecule has 1 amide bonds. The van der Waals surface area contributed by atoms with Crippen LogP contribution in [-0.2, 0) is 0 Å². The average Bonchev–Trinajstić information content (AvgIpc) is 3.01. The highest BCUT2D eigenvalue weighted by Crippen LogP contribution is 2.26. The lowest BCUT2D eigenvalue weighted by Gasteiger charge is -2.32. The normalized spacial score (nSPS) is 18.8. The molecule has 4 nitrogen and oxygen atoms in total. The molecule has 1 aliphatic rings. The number of rotatable bonds is 2. The summed E-state index contributed by atoms with van der Waals surface area (Å²) in [6.45, 7) is 3.09. The molecule has 5 heteroatoms. The number of nitrogens with zero attached hydrogens (tertiary/aromatic N) is 2. The minimum Gasteiger partial charge on any atom is -0.338 e. The van der Waals surface area contributed by atoms with E-state index in [1.165, 1.54) is 6.07 Å². The molecule has 0 radical (unpaired) electrons. The zero-order valence-corrected chi connectivity index (χ0v) is 12.0. The van der Waals surface area contributed by atoms with E-state index >= 15 is 0 Å². The summed E-state index contributed by atoms with van der Waals surface area (Å²) in [5.41, 5.74) is 2.01. The second kappa shape index (κ2) is 5.68. The number of benzene rings is 1. The Morgan fingerprint density at radius 2 is 2.29 bits per heavy atom. The first-order valence-electron chi connectivity index (χ1n) is 7.20. The maximum absolute atomic E-state index is 14.0. The summed E-state index contributed by atoms with van der Waals surface area (Å²) in [6.07, 6.45) is 3.65. The molecule has 0 saturated carbocycles. The predicted molar refractivity (Wildman–Crippen MR) is 77.6 cm³/mol. The molecule has 2 heterocycles. The van der Waals surface area contributed by atoms with Crippen molar-refractivity contribution in [2.24, 2.45) is 0 Å². The summed E-state index contributed by atoms with van der Waals surface area (Å²) in [7, 11) is 0. The van der Waals surface area contributed by atoms with E-state index in [-0.39, 0.29) is 17.4 Å². The van der Waals surface area contributed by atoms with Gasteiger partial charge in [0.1, 0.15) is 5.82 Å². The molecule has 0 spiro atoms. The Hall–Kier alpha value is -2.17. The van der Waals surface area contributed by atoms with Crippen molar-refractivity contribution in [2.45, 2.75) is 25.7 Å². The molecule has 1 unspecified atom stereocenters. The second-order valence-corrected chi connectivity index (χ2v) is 5.59. The second-order valence-electron chi connectivity index (χ2n) is 5.59. The van der Waals surface area contributed by atoms with Gasteiger partial charge in [-0.1, -0.05) is 6.07 Å². The van der Waals surface area contributed by atoms with Gasteiger partial charge in [0.25, 0.3) is 5.91 Å². The molecule has 110 valence electrons. The molecule has 1 aromatic heterocycles. The van der Waals surface area contributed by atoms with Crippen molar-refractivity contribution in [3.8, 4) is 0 Å². The summed E-state index contributed by atoms with van der Waals surface area (Å²) >= 11 is 0. The Balaban J connectivity index is 1.78. The van der Waals surface area contributed by atoms with E-state index in [1.54, 1.807) is 23.2 Å². The van der Waals surface area contributed by atoms with Crippen molar-refractivity contribution in [3.05, 3.63) is 53.1 Å². The number of hydrogen-bond donors (Lipinski definition) is 1. The van der Waals surface area contributed by atoms with Crippen LogP contribution in [0.5, 0.6) is 0 Å². The molecule has 21 heavy (non-hydrogen) atoms. The maximum Gasteiger partial charge on any atom is 0.256 e. The molecule has 1 aromatic carbocycles. The van der Waals surface area contributed by atoms with Gasteiger partial charge in [-0.2, -0.15) is 5.10 Å². The molecule has 0 bridgehead atoms. The largest absolute Gasteiger partial charge is 0.338 e. The molecule has 3 rings (SSSR count). The first kappa shape index (κ1) is 13.8. The maximum atomic E-state index is 14.0. The fourth-order valence-corrected chi connectivity index (χ4v) is 2.87. The first-order chi connectivity index (χ1) is 10.1. The van der Waals surface area contributed by atoms with Crippen LogP contribution in [0.25, 0.3) is 0 Å². The molecule has 2 aromatic rings. The number of halogens is 1. The smallest absolute Gasteiger partial charge is 0.256 e. The van der Waals surface area contributed by atoms with Gasteiger partial charge >= 0.3 is 0 Å². The van der Waals surface area contributed by atoms with Crippen molar-refractivity contribution in [2.75, 3.05) is 13.1 Å². The number of H-pyrrole nitrogens is 1. The van der Waals surface area contributed by atoms with Crippen LogP contribution < -0.4 is 0 Å². The molecule has 1 atom stereocenters. The van der Waals surface area contributed by atoms with Gasteiger partial charge in [-0.25, -0.2) is 4.39 Å². The van der Waals surface area contributed by atoms with E-state index in [4.69, 9.17) is 0 Å². The van der Waals surface area contributed by atoms with Crippen LogP contribution in [0.2, 0.25) is 0 Å². The third kappa shape index (κ3) is 2.82. The number of amides is 1. The lowest BCUT2D eigenvalue weighted by atomic mass is 9.94. The Bertz CT molecular complexity index is 639. The van der Waals surface area contributed by atoms with E-state index in [9.17, 15) is 9.18 Å². The van der Waals surface area contributed by atoms with Crippen LogP contribution in [0, 0.1) is 12.7 Å². The Morgan fingerprint density at radius 3 is 3.00 bits per heavy atom. The van der Waals surface area contributed by atoms with Crippen LogP contribution in [0.3, 0.4) is 0 Å². The number of aromatic amines is 1. The zero-order chi connectivity index (χ0) is 14.8. The first-order valence-corrected chi connectivity index (χ1v) is 7.20. The van der Waals surface area contributed by atoms with E-state index in [0.29, 0.717) is 13.1 Å². The highest BCUT2D eigenvalue weighted by molar-refractivity contribution is 5.94. The van der Waals surface area contributed by atoms with Crippen LogP contribution in [0.4, 0.5) is 4.39 Å². The van der Waals surface area contributed by atoms with Crippen molar-refractivity contribution in [1.29, 1.82) is 0 Å². The van der Waals surface area contributed by atoms with Gasteiger partial charge in [0.2, 0.25) is 0 Å². The molecule has 1 aliphatic heterocycles. The average molecular weight is 287 g/mol. The monoisotopic (exact) mass is 287 g/mol. The van der Waals surface area contributed by atoms with Crippen molar-refractivity contribution >= 4 is 5.91 Å². The highest BCUT2D eigenvalue weighted by atomic mass is 19.1. The zero-order valence-electron chi connectivity index (χ0n) is 12.0. The van der Waals surface area contributed by atoms with Crippen LogP contribution in [0.15, 0.2) is 30.5 Å². The summed E-state index contributed by atoms with van der Waals surface area (Å²) < 4.78 is 14.0. The minimum absolute atomic E-state index is 0.158. The number of likely N-dealkylation sites (tertiary alicyclic amines) is 1. The molecular formula is C16H18FN3O. The number of aromatic nitrogens is 2. The highest BCUT2D eigenvalue weighted by Gasteiger charge is 2.27. The Kier molecular flexibility index (Phi) is 3.73. The van der Waals surface area contributed by atoms with E-state index in [0.717, 1.165) is 24.1 Å². The summed E-state index contributed by atoms with van der Waals surface area (Å²) in [4.78, 5) is 14.2. The van der Waals surface area contributed by atoms with Gasteiger partial charge in [-0.3, -0.25) is 9.89 Å². The van der Waals surface area contributed by atoms with Crippen LogP contribution >= 0.6 is 0 Å². The van der Waals surface area contributed by atoms with Gasteiger partial charge in [-0.15, -0.1) is 0 Å². The summed E-state index contributed by atoms with van der Waals surface area (Å²) in [5.74, 6) is -0.418. The van der Waals surface area contributed by atoms with Gasteiger partial charge in [0.05, 0.1) is 5.56 Å². The van der Waals surface area contributed by atoms with Crippen LogP contribution in [0.1, 0.15) is 40.4 Å². The van der Waals surface area contributed by atoms with Gasteiger partial charge < -0.3 is 4.90 Å². The number of carbonyl (C=O) groups is 1. The van der Waals surface area contributed by atoms with Gasteiger partial charge in [0.15, 0.2) is 0 Å². The Morgan fingerprint density at radius 1 is 1.43 bits per heavy atom. The van der Waals surface area contributed by atoms with Crippen molar-refractivity contribution in [3.63, 3.8) is 0 Å². The van der Waals surface area contributed by atoms with Crippen molar-refractivity contribution in [1.82, 2.24) is 15.1 Å². The standard InChI is InChI=1S/C16H18FN3O/c1-11-4-5-13(14(17)9-11)16(21)20-8-2-3-12(10-20)15-6-7-18-19-15/h4-7,9,12H,2-3,8,10H2,1H3,(H,18,19). The predicted octanol–water partition coefficient (Wildman–Crippen LogP) is 2.88. The van der Waals surface area contributed by atoms with Gasteiger partial charge in [-0.05, 0) is 43.5 Å². The molecule has 0 aliphatic carbocycles. The lowest BCUT2D eigenvalue weighted by Crippen LogP contribution is -2.39. The Labute approximate surface area is 123 Å². The fourth-order valence-electron chi connectivity index (χ4n) is 2.87. The molecule has 1 fully saturated rings. The fraction of sp³-hybridized carbons (Fsp3) is 0.375. The number of nitrogens with one attached hydrogen (secondary N) is 1. The number of aryl methyl sites for hydroxylation is 1.